The normalized spacial score (nSPS) is 9.44. The van der Waals surface area contributed by atoms with Crippen LogP contribution in [0.15, 0.2) is 36.5 Å². The van der Waals surface area contributed by atoms with Crippen LogP contribution in [0.2, 0.25) is 0 Å². The molecule has 0 aliphatic carbocycles. The van der Waals surface area contributed by atoms with Gasteiger partial charge in [-0.2, -0.15) is 0 Å². The topological polar surface area (TPSA) is 81.7 Å². The third-order valence-corrected chi connectivity index (χ3v) is 3.48. The van der Waals surface area contributed by atoms with E-state index in [4.69, 9.17) is 14.2 Å². The average Bonchev–Trinajstić information content (AvgIpc) is 2.65. The molecular formula is C18H25Cl2N3O4. The molecule has 0 saturated carbocycles. The number of methoxy groups -OCH3 is 2. The van der Waals surface area contributed by atoms with Gasteiger partial charge in [-0.25, -0.2) is 4.98 Å². The predicted molar refractivity (Wildman–Crippen MR) is 109 cm³/mol. The second-order valence-electron chi connectivity index (χ2n) is 5.23. The van der Waals surface area contributed by atoms with Crippen LogP contribution in [0.4, 0.5) is 0 Å². The summed E-state index contributed by atoms with van der Waals surface area (Å²) in [4.78, 5) is 15.9. The number of carbonyl (C=O) groups is 1. The van der Waals surface area contributed by atoms with Crippen LogP contribution in [-0.4, -0.2) is 38.7 Å². The van der Waals surface area contributed by atoms with Crippen LogP contribution >= 0.6 is 24.8 Å². The SMILES string of the molecule is CNCCC(=O)NCc1ccc(Oc2c(OC)cccc2OC)nc1.Cl.Cl. The summed E-state index contributed by atoms with van der Waals surface area (Å²) < 4.78 is 16.4. The first-order valence-corrected chi connectivity index (χ1v) is 7.93. The summed E-state index contributed by atoms with van der Waals surface area (Å²) in [5, 5.41) is 5.78. The van der Waals surface area contributed by atoms with E-state index in [0.717, 1.165) is 5.56 Å². The molecule has 2 aromatic rings. The smallest absolute Gasteiger partial charge is 0.221 e. The number of para-hydroxylation sites is 1. The van der Waals surface area contributed by atoms with Gasteiger partial charge >= 0.3 is 0 Å². The number of nitrogens with zero attached hydrogens (tertiary/aromatic N) is 1. The van der Waals surface area contributed by atoms with Gasteiger partial charge in [-0.1, -0.05) is 12.1 Å². The van der Waals surface area contributed by atoms with Crippen molar-refractivity contribution in [3.8, 4) is 23.1 Å². The van der Waals surface area contributed by atoms with E-state index >= 15 is 0 Å². The molecule has 0 bridgehead atoms. The van der Waals surface area contributed by atoms with Crippen LogP contribution in [0.5, 0.6) is 23.1 Å². The fourth-order valence-electron chi connectivity index (χ4n) is 2.13. The van der Waals surface area contributed by atoms with Crippen LogP contribution in [0.25, 0.3) is 0 Å². The molecule has 0 aliphatic rings. The second kappa shape index (κ2) is 13.0. The Morgan fingerprint density at radius 1 is 1.07 bits per heavy atom. The van der Waals surface area contributed by atoms with Crippen molar-refractivity contribution in [2.24, 2.45) is 0 Å². The van der Waals surface area contributed by atoms with E-state index < -0.39 is 0 Å². The van der Waals surface area contributed by atoms with Gasteiger partial charge in [0.05, 0.1) is 14.2 Å². The van der Waals surface area contributed by atoms with Crippen LogP contribution in [0.3, 0.4) is 0 Å². The first-order chi connectivity index (χ1) is 12.2. The van der Waals surface area contributed by atoms with Crippen molar-refractivity contribution in [3.05, 3.63) is 42.1 Å². The number of hydrogen-bond donors (Lipinski definition) is 2. The number of pyridine rings is 1. The molecule has 0 saturated heterocycles. The van der Waals surface area contributed by atoms with Gasteiger partial charge in [-0.05, 0) is 24.7 Å². The van der Waals surface area contributed by atoms with Crippen molar-refractivity contribution in [1.29, 1.82) is 0 Å². The molecule has 0 radical (unpaired) electrons. The molecule has 1 amide bonds. The molecule has 9 heteroatoms. The molecule has 7 nitrogen and oxygen atoms in total. The summed E-state index contributed by atoms with van der Waals surface area (Å²) in [6.07, 6.45) is 2.11. The highest BCUT2D eigenvalue weighted by Crippen LogP contribution is 2.39. The molecule has 2 N–H and O–H groups in total. The molecule has 150 valence electrons. The maximum absolute atomic E-state index is 11.6. The highest BCUT2D eigenvalue weighted by atomic mass is 35.5. The lowest BCUT2D eigenvalue weighted by Gasteiger charge is -2.13. The van der Waals surface area contributed by atoms with Crippen molar-refractivity contribution in [1.82, 2.24) is 15.6 Å². The van der Waals surface area contributed by atoms with Gasteiger partial charge in [0.2, 0.25) is 17.5 Å². The van der Waals surface area contributed by atoms with Crippen molar-refractivity contribution < 1.29 is 19.0 Å². The Balaban J connectivity index is 0.00000338. The Morgan fingerprint density at radius 2 is 1.74 bits per heavy atom. The van der Waals surface area contributed by atoms with E-state index in [-0.39, 0.29) is 30.7 Å². The average molecular weight is 418 g/mol. The lowest BCUT2D eigenvalue weighted by atomic mass is 10.2. The van der Waals surface area contributed by atoms with Gasteiger partial charge in [-0.3, -0.25) is 4.79 Å². The maximum Gasteiger partial charge on any atom is 0.221 e. The molecule has 1 heterocycles. The van der Waals surface area contributed by atoms with Crippen LogP contribution in [0, 0.1) is 0 Å². The van der Waals surface area contributed by atoms with Gasteiger partial charge in [0.15, 0.2) is 11.5 Å². The van der Waals surface area contributed by atoms with E-state index in [2.05, 4.69) is 15.6 Å². The molecule has 0 spiro atoms. The molecule has 1 aromatic carbocycles. The fourth-order valence-corrected chi connectivity index (χ4v) is 2.13. The Bertz CT molecular complexity index is 677. The molecule has 0 aliphatic heterocycles. The largest absolute Gasteiger partial charge is 0.493 e. The summed E-state index contributed by atoms with van der Waals surface area (Å²) in [6, 6.07) is 8.97. The number of aromatic nitrogens is 1. The van der Waals surface area contributed by atoms with Gasteiger partial charge in [-0.15, -0.1) is 24.8 Å². The Kier molecular flexibility index (Phi) is 12.0. The zero-order valence-electron chi connectivity index (χ0n) is 15.5. The van der Waals surface area contributed by atoms with Gasteiger partial charge in [0.1, 0.15) is 0 Å². The number of benzene rings is 1. The minimum Gasteiger partial charge on any atom is -0.493 e. The minimum absolute atomic E-state index is 0. The quantitative estimate of drug-likeness (QED) is 0.652. The number of ether oxygens (including phenoxy) is 3. The van der Waals surface area contributed by atoms with Crippen molar-refractivity contribution in [2.75, 3.05) is 27.8 Å². The second-order valence-corrected chi connectivity index (χ2v) is 5.23. The third kappa shape index (κ3) is 7.50. The Hall–Kier alpha value is -2.22. The zero-order chi connectivity index (χ0) is 18.1. The molecular weight excluding hydrogens is 393 g/mol. The highest BCUT2D eigenvalue weighted by Gasteiger charge is 2.13. The molecule has 2 rings (SSSR count). The van der Waals surface area contributed by atoms with E-state index in [1.165, 1.54) is 0 Å². The van der Waals surface area contributed by atoms with E-state index in [1.54, 1.807) is 38.6 Å². The van der Waals surface area contributed by atoms with Gasteiger partial charge < -0.3 is 24.8 Å². The molecule has 27 heavy (non-hydrogen) atoms. The summed E-state index contributed by atoms with van der Waals surface area (Å²) in [5.74, 6) is 1.98. The predicted octanol–water partition coefficient (Wildman–Crippen LogP) is 2.96. The summed E-state index contributed by atoms with van der Waals surface area (Å²) >= 11 is 0. The number of amides is 1. The molecule has 1 aromatic heterocycles. The summed E-state index contributed by atoms with van der Waals surface area (Å²) in [7, 11) is 4.94. The van der Waals surface area contributed by atoms with E-state index in [0.29, 0.717) is 42.6 Å². The Morgan fingerprint density at radius 3 is 2.26 bits per heavy atom. The monoisotopic (exact) mass is 417 g/mol. The van der Waals surface area contributed by atoms with Crippen LogP contribution in [0.1, 0.15) is 12.0 Å². The lowest BCUT2D eigenvalue weighted by Crippen LogP contribution is -2.26. The summed E-state index contributed by atoms with van der Waals surface area (Å²) in [6.45, 7) is 1.07. The van der Waals surface area contributed by atoms with Crippen molar-refractivity contribution in [2.45, 2.75) is 13.0 Å². The van der Waals surface area contributed by atoms with Gasteiger partial charge in [0, 0.05) is 31.8 Å². The Labute approximate surface area is 171 Å². The first kappa shape index (κ1) is 24.8. The number of rotatable bonds is 9. The lowest BCUT2D eigenvalue weighted by molar-refractivity contribution is -0.121. The third-order valence-electron chi connectivity index (χ3n) is 3.48. The molecule has 0 atom stereocenters. The summed E-state index contributed by atoms with van der Waals surface area (Å²) in [5.41, 5.74) is 0.886. The van der Waals surface area contributed by atoms with E-state index in [1.807, 2.05) is 19.2 Å². The van der Waals surface area contributed by atoms with Crippen molar-refractivity contribution >= 4 is 30.7 Å². The highest BCUT2D eigenvalue weighted by molar-refractivity contribution is 5.85. The minimum atomic E-state index is -0.00608. The van der Waals surface area contributed by atoms with E-state index in [9.17, 15) is 4.79 Å². The number of nitrogens with one attached hydrogen (secondary N) is 2. The van der Waals surface area contributed by atoms with Gasteiger partial charge in [0.25, 0.3) is 0 Å². The molecule has 0 fully saturated rings. The van der Waals surface area contributed by atoms with Crippen molar-refractivity contribution in [3.63, 3.8) is 0 Å². The first-order valence-electron chi connectivity index (χ1n) is 7.93. The maximum atomic E-state index is 11.6. The van der Waals surface area contributed by atoms with Crippen LogP contribution in [-0.2, 0) is 11.3 Å². The molecule has 0 unspecified atom stereocenters. The standard InChI is InChI=1S/C18H23N3O4.2ClH/c1-19-10-9-16(22)20-11-13-7-8-17(21-12-13)25-18-14(23-2)5-4-6-15(18)24-3;;/h4-8,12,19H,9-11H2,1-3H3,(H,20,22);2*1H. The zero-order valence-corrected chi connectivity index (χ0v) is 17.1. The fraction of sp³-hybridized carbons (Fsp3) is 0.333. The number of carbonyl (C=O) groups excluding carboxylic acids is 1. The number of halogens is 2. The number of hydrogen-bond acceptors (Lipinski definition) is 6. The van der Waals surface area contributed by atoms with Crippen LogP contribution < -0.4 is 24.8 Å².